The van der Waals surface area contributed by atoms with Crippen LogP contribution < -0.4 is 0 Å². The smallest absolute Gasteiger partial charge is 0.136 e. The van der Waals surface area contributed by atoms with Crippen molar-refractivity contribution in [3.63, 3.8) is 0 Å². The Hall–Kier alpha value is -0.710. The van der Waals surface area contributed by atoms with Gasteiger partial charge < -0.3 is 5.11 Å². The molecule has 0 aromatic carbocycles. The van der Waals surface area contributed by atoms with Crippen molar-refractivity contribution < 1.29 is 9.50 Å². The van der Waals surface area contributed by atoms with Gasteiger partial charge in [0.1, 0.15) is 11.0 Å². The first-order valence-electron chi connectivity index (χ1n) is 4.86. The van der Waals surface area contributed by atoms with Gasteiger partial charge in [-0.15, -0.1) is 0 Å². The number of hydrogen-bond donors (Lipinski definition) is 1. The Morgan fingerprint density at radius 3 is 3.07 bits per heavy atom. The molecule has 1 fully saturated rings. The molecule has 0 amide bonds. The monoisotopic (exact) mass is 230 g/mol. The van der Waals surface area contributed by atoms with Crippen LogP contribution in [0.3, 0.4) is 0 Å². The van der Waals surface area contributed by atoms with Crippen LogP contribution in [0.4, 0.5) is 4.39 Å². The topological polar surface area (TPSA) is 36.4 Å². The molecule has 0 unspecified atom stereocenters. The number of hydrogen-bond acceptors (Lipinski definition) is 3. The van der Waals surface area contributed by atoms with Crippen molar-refractivity contribution in [3.05, 3.63) is 28.8 Å². The summed E-state index contributed by atoms with van der Waals surface area (Å²) >= 11 is 5.80. The lowest BCUT2D eigenvalue weighted by atomic mass is 10.2. The first-order chi connectivity index (χ1) is 7.16. The summed E-state index contributed by atoms with van der Waals surface area (Å²) in [6, 6.07) is 1.30. The Bertz CT molecular complexity index is 341. The predicted octanol–water partition coefficient (Wildman–Crippen LogP) is 1.44. The van der Waals surface area contributed by atoms with Crippen molar-refractivity contribution in [3.8, 4) is 0 Å². The minimum absolute atomic E-state index is 0.205. The minimum atomic E-state index is -0.337. The van der Waals surface area contributed by atoms with Crippen molar-refractivity contribution in [2.45, 2.75) is 19.1 Å². The van der Waals surface area contributed by atoms with Crippen molar-refractivity contribution in [1.29, 1.82) is 0 Å². The van der Waals surface area contributed by atoms with Crippen LogP contribution in [0.1, 0.15) is 12.0 Å². The number of β-amino-alcohol motifs (C(OH)–C–C–N with tert-alkyl or cyclic N) is 1. The first kappa shape index (κ1) is 10.8. The second-order valence-electron chi connectivity index (χ2n) is 3.74. The largest absolute Gasteiger partial charge is 0.392 e. The Balaban J connectivity index is 2.10. The summed E-state index contributed by atoms with van der Waals surface area (Å²) in [4.78, 5) is 5.81. The van der Waals surface area contributed by atoms with E-state index in [9.17, 15) is 9.50 Å². The van der Waals surface area contributed by atoms with Gasteiger partial charge in [0, 0.05) is 31.4 Å². The summed E-state index contributed by atoms with van der Waals surface area (Å²) in [6.45, 7) is 1.76. The molecule has 1 aromatic rings. The molecule has 0 saturated carbocycles. The first-order valence-corrected chi connectivity index (χ1v) is 5.24. The molecule has 0 bridgehead atoms. The van der Waals surface area contributed by atoms with E-state index in [1.807, 2.05) is 4.90 Å². The van der Waals surface area contributed by atoms with Crippen molar-refractivity contribution in [2.75, 3.05) is 13.1 Å². The molecule has 15 heavy (non-hydrogen) atoms. The second kappa shape index (κ2) is 4.43. The standard InChI is InChI=1S/C10H12ClFN2O/c11-10-8(9(12)1-3-13-10)6-14-4-2-7(15)5-14/h1,3,7,15H,2,4-6H2/t7-/m0/s1. The molecule has 1 atom stereocenters. The van der Waals surface area contributed by atoms with Crippen LogP contribution in [-0.2, 0) is 6.54 Å². The number of likely N-dealkylation sites (tertiary alicyclic amines) is 1. The SMILES string of the molecule is O[C@H]1CCN(Cc2c(F)ccnc2Cl)C1. The van der Waals surface area contributed by atoms with Gasteiger partial charge in [0.05, 0.1) is 6.10 Å². The third-order valence-corrected chi connectivity index (χ3v) is 2.90. The van der Waals surface area contributed by atoms with Crippen molar-refractivity contribution >= 4 is 11.6 Å². The van der Waals surface area contributed by atoms with Crippen LogP contribution in [0.15, 0.2) is 12.3 Å². The Morgan fingerprint density at radius 2 is 2.47 bits per heavy atom. The van der Waals surface area contributed by atoms with E-state index in [0.717, 1.165) is 13.0 Å². The molecule has 0 spiro atoms. The molecule has 3 nitrogen and oxygen atoms in total. The number of nitrogens with zero attached hydrogens (tertiary/aromatic N) is 2. The molecule has 2 heterocycles. The van der Waals surface area contributed by atoms with Gasteiger partial charge in [0.2, 0.25) is 0 Å². The number of rotatable bonds is 2. The highest BCUT2D eigenvalue weighted by atomic mass is 35.5. The number of halogens is 2. The van der Waals surface area contributed by atoms with Crippen molar-refractivity contribution in [2.24, 2.45) is 0 Å². The highest BCUT2D eigenvalue weighted by molar-refractivity contribution is 6.30. The third kappa shape index (κ3) is 2.45. The van der Waals surface area contributed by atoms with Crippen LogP contribution in [0.2, 0.25) is 5.15 Å². The molecule has 1 saturated heterocycles. The lowest BCUT2D eigenvalue weighted by molar-refractivity contribution is 0.174. The Labute approximate surface area is 92.5 Å². The van der Waals surface area contributed by atoms with Crippen LogP contribution >= 0.6 is 11.6 Å². The quantitative estimate of drug-likeness (QED) is 0.782. The number of aliphatic hydroxyl groups excluding tert-OH is 1. The van der Waals surface area contributed by atoms with Gasteiger partial charge >= 0.3 is 0 Å². The number of aliphatic hydroxyl groups is 1. The fourth-order valence-corrected chi connectivity index (χ4v) is 1.97. The fraction of sp³-hybridized carbons (Fsp3) is 0.500. The van der Waals surface area contributed by atoms with Crippen molar-refractivity contribution in [1.82, 2.24) is 9.88 Å². The molecule has 1 aliphatic rings. The normalized spacial score (nSPS) is 22.2. The van der Waals surface area contributed by atoms with E-state index in [1.54, 1.807) is 0 Å². The maximum absolute atomic E-state index is 13.4. The fourth-order valence-electron chi connectivity index (χ4n) is 1.77. The molecule has 5 heteroatoms. The van der Waals surface area contributed by atoms with Gasteiger partial charge in [-0.25, -0.2) is 9.37 Å². The highest BCUT2D eigenvalue weighted by Gasteiger charge is 2.22. The van der Waals surface area contributed by atoms with Gasteiger partial charge in [-0.05, 0) is 12.5 Å². The molecular formula is C10H12ClFN2O. The van der Waals surface area contributed by atoms with Gasteiger partial charge in [-0.1, -0.05) is 11.6 Å². The van der Waals surface area contributed by atoms with Gasteiger partial charge in [0.25, 0.3) is 0 Å². The zero-order valence-electron chi connectivity index (χ0n) is 8.16. The summed E-state index contributed by atoms with van der Waals surface area (Å²) in [7, 11) is 0. The highest BCUT2D eigenvalue weighted by Crippen LogP contribution is 2.20. The summed E-state index contributed by atoms with van der Waals surface area (Å²) in [6.07, 6.45) is 1.78. The summed E-state index contributed by atoms with van der Waals surface area (Å²) in [5, 5.41) is 9.54. The Morgan fingerprint density at radius 1 is 1.67 bits per heavy atom. The average molecular weight is 231 g/mol. The van der Waals surface area contributed by atoms with Crippen LogP contribution in [0.5, 0.6) is 0 Å². The molecule has 0 aliphatic carbocycles. The van der Waals surface area contributed by atoms with E-state index >= 15 is 0 Å². The Kier molecular flexibility index (Phi) is 3.19. The zero-order valence-corrected chi connectivity index (χ0v) is 8.91. The molecule has 1 aliphatic heterocycles. The van der Waals surface area contributed by atoms with Crippen LogP contribution in [0, 0.1) is 5.82 Å². The van der Waals surface area contributed by atoms with Gasteiger partial charge in [0.15, 0.2) is 0 Å². The molecule has 2 rings (SSSR count). The second-order valence-corrected chi connectivity index (χ2v) is 4.10. The summed E-state index contributed by atoms with van der Waals surface area (Å²) < 4.78 is 13.4. The molecule has 0 radical (unpaired) electrons. The number of pyridine rings is 1. The summed E-state index contributed by atoms with van der Waals surface area (Å²) in [5.41, 5.74) is 0.410. The van der Waals surface area contributed by atoms with E-state index in [4.69, 9.17) is 11.6 Å². The predicted molar refractivity (Wildman–Crippen MR) is 55.1 cm³/mol. The number of aromatic nitrogens is 1. The lowest BCUT2D eigenvalue weighted by Gasteiger charge is -2.15. The molecule has 1 aromatic heterocycles. The minimum Gasteiger partial charge on any atom is -0.392 e. The van der Waals surface area contributed by atoms with E-state index < -0.39 is 0 Å². The average Bonchev–Trinajstić information content (AvgIpc) is 2.58. The third-order valence-electron chi connectivity index (χ3n) is 2.58. The molecule has 82 valence electrons. The molecule has 1 N–H and O–H groups in total. The lowest BCUT2D eigenvalue weighted by Crippen LogP contribution is -2.22. The van der Waals surface area contributed by atoms with Crippen LogP contribution in [-0.4, -0.2) is 34.2 Å². The van der Waals surface area contributed by atoms with E-state index in [-0.39, 0.29) is 17.1 Å². The summed E-state index contributed by atoms with van der Waals surface area (Å²) in [5.74, 6) is -0.337. The maximum Gasteiger partial charge on any atom is 0.136 e. The molecular weight excluding hydrogens is 219 g/mol. The van der Waals surface area contributed by atoms with E-state index in [0.29, 0.717) is 18.7 Å². The van der Waals surface area contributed by atoms with Crippen LogP contribution in [0.25, 0.3) is 0 Å². The van der Waals surface area contributed by atoms with E-state index in [1.165, 1.54) is 12.3 Å². The maximum atomic E-state index is 13.4. The van der Waals surface area contributed by atoms with Gasteiger partial charge in [-0.2, -0.15) is 0 Å². The zero-order chi connectivity index (χ0) is 10.8. The van der Waals surface area contributed by atoms with Gasteiger partial charge in [-0.3, -0.25) is 4.90 Å². The van der Waals surface area contributed by atoms with E-state index in [2.05, 4.69) is 4.98 Å².